The third-order valence-corrected chi connectivity index (χ3v) is 4.24. The predicted molar refractivity (Wildman–Crippen MR) is 92.2 cm³/mol. The van der Waals surface area contributed by atoms with Crippen molar-refractivity contribution in [1.82, 2.24) is 15.1 Å². The molecule has 0 saturated carbocycles. The van der Waals surface area contributed by atoms with Crippen LogP contribution in [0.15, 0.2) is 30.3 Å². The van der Waals surface area contributed by atoms with Crippen molar-refractivity contribution in [2.75, 3.05) is 26.7 Å². The van der Waals surface area contributed by atoms with Crippen molar-refractivity contribution in [2.45, 2.75) is 44.9 Å². The van der Waals surface area contributed by atoms with Crippen LogP contribution in [-0.4, -0.2) is 59.3 Å². The van der Waals surface area contributed by atoms with Gasteiger partial charge in [-0.1, -0.05) is 30.3 Å². The van der Waals surface area contributed by atoms with Gasteiger partial charge in [-0.25, -0.2) is 4.79 Å². The molecule has 0 aromatic heterocycles. The molecule has 0 spiro atoms. The molecule has 1 unspecified atom stereocenters. The van der Waals surface area contributed by atoms with Gasteiger partial charge in [-0.15, -0.1) is 0 Å². The summed E-state index contributed by atoms with van der Waals surface area (Å²) >= 11 is 0. The zero-order valence-electron chi connectivity index (χ0n) is 14.5. The molecule has 1 atom stereocenters. The fourth-order valence-electron chi connectivity index (χ4n) is 3.02. The van der Waals surface area contributed by atoms with E-state index in [4.69, 9.17) is 0 Å². The number of nitrogens with one attached hydrogen (secondary N) is 1. The van der Waals surface area contributed by atoms with E-state index in [9.17, 15) is 9.90 Å². The first kappa shape index (κ1) is 17.8. The Morgan fingerprint density at radius 3 is 2.65 bits per heavy atom. The number of hydrogen-bond donors (Lipinski definition) is 2. The van der Waals surface area contributed by atoms with Crippen molar-refractivity contribution < 1.29 is 9.90 Å². The number of aliphatic hydroxyl groups is 1. The van der Waals surface area contributed by atoms with E-state index in [1.165, 1.54) is 6.42 Å². The highest BCUT2D eigenvalue weighted by atomic mass is 16.3. The van der Waals surface area contributed by atoms with Crippen LogP contribution in [0, 0.1) is 0 Å². The highest BCUT2D eigenvalue weighted by Crippen LogP contribution is 2.14. The van der Waals surface area contributed by atoms with E-state index in [0.29, 0.717) is 25.7 Å². The number of likely N-dealkylation sites (N-methyl/N-ethyl adjacent to an activating group) is 1. The average Bonchev–Trinajstić information content (AvgIpc) is 2.89. The summed E-state index contributed by atoms with van der Waals surface area (Å²) in [6.07, 6.45) is 2.31. The van der Waals surface area contributed by atoms with Gasteiger partial charge in [0.05, 0.1) is 12.1 Å². The molecule has 1 fully saturated rings. The maximum Gasteiger partial charge on any atom is 0.317 e. The van der Waals surface area contributed by atoms with Gasteiger partial charge in [-0.05, 0) is 45.8 Å². The largest absolute Gasteiger partial charge is 0.389 e. The lowest BCUT2D eigenvalue weighted by Gasteiger charge is -2.30. The van der Waals surface area contributed by atoms with Crippen LogP contribution >= 0.6 is 0 Å². The van der Waals surface area contributed by atoms with Crippen LogP contribution in [0.3, 0.4) is 0 Å². The first-order valence-corrected chi connectivity index (χ1v) is 8.34. The molecule has 2 amide bonds. The number of likely N-dealkylation sites (tertiary alicyclic amines) is 1. The molecule has 0 aliphatic carbocycles. The van der Waals surface area contributed by atoms with E-state index in [1.807, 2.05) is 30.3 Å². The predicted octanol–water partition coefficient (Wildman–Crippen LogP) is 2.06. The van der Waals surface area contributed by atoms with Gasteiger partial charge in [0, 0.05) is 19.1 Å². The normalized spacial score (nSPS) is 18.9. The Bertz CT molecular complexity index is 499. The van der Waals surface area contributed by atoms with Crippen LogP contribution in [0.4, 0.5) is 4.79 Å². The van der Waals surface area contributed by atoms with Crippen LogP contribution in [0.25, 0.3) is 0 Å². The van der Waals surface area contributed by atoms with Crippen LogP contribution < -0.4 is 5.32 Å². The molecule has 1 heterocycles. The van der Waals surface area contributed by atoms with Gasteiger partial charge in [0.1, 0.15) is 0 Å². The summed E-state index contributed by atoms with van der Waals surface area (Å²) in [6, 6.07) is 10.2. The Labute approximate surface area is 139 Å². The van der Waals surface area contributed by atoms with Crippen LogP contribution in [0.2, 0.25) is 0 Å². The lowest BCUT2D eigenvalue weighted by atomic mass is 10.1. The number of urea groups is 1. The number of carbonyl (C=O) groups excluding carboxylic acids is 1. The second-order valence-corrected chi connectivity index (χ2v) is 7.12. The zero-order valence-corrected chi connectivity index (χ0v) is 14.5. The van der Waals surface area contributed by atoms with E-state index in [0.717, 1.165) is 18.5 Å². The first-order chi connectivity index (χ1) is 10.8. The third kappa shape index (κ3) is 5.84. The Hall–Kier alpha value is -1.59. The van der Waals surface area contributed by atoms with Crippen molar-refractivity contribution in [3.63, 3.8) is 0 Å². The number of benzene rings is 1. The minimum atomic E-state index is -0.920. The van der Waals surface area contributed by atoms with Crippen molar-refractivity contribution in [3.8, 4) is 0 Å². The number of rotatable bonds is 6. The topological polar surface area (TPSA) is 55.8 Å². The standard InChI is InChI=1S/C18H29N3O2/c1-18(2,23)14-21(13-15-8-5-4-6-9-15)17(22)19-12-16-10-7-11-20(16)3/h4-6,8-9,16,23H,7,10-14H2,1-3H3,(H,19,22). The fraction of sp³-hybridized carbons (Fsp3) is 0.611. The molecule has 5 heteroatoms. The zero-order chi connectivity index (χ0) is 16.9. The van der Waals surface area contributed by atoms with Gasteiger partial charge in [0.2, 0.25) is 0 Å². The van der Waals surface area contributed by atoms with Gasteiger partial charge >= 0.3 is 6.03 Å². The summed E-state index contributed by atoms with van der Waals surface area (Å²) in [5.74, 6) is 0. The monoisotopic (exact) mass is 319 g/mol. The Balaban J connectivity index is 1.96. The van der Waals surface area contributed by atoms with Gasteiger partial charge in [0.25, 0.3) is 0 Å². The van der Waals surface area contributed by atoms with Gasteiger partial charge < -0.3 is 20.2 Å². The smallest absolute Gasteiger partial charge is 0.317 e. The molecule has 0 bridgehead atoms. The molecule has 1 aliphatic heterocycles. The van der Waals surface area contributed by atoms with Crippen molar-refractivity contribution in [1.29, 1.82) is 0 Å². The van der Waals surface area contributed by atoms with E-state index >= 15 is 0 Å². The Morgan fingerprint density at radius 2 is 2.09 bits per heavy atom. The summed E-state index contributed by atoms with van der Waals surface area (Å²) in [5.41, 5.74) is 0.140. The molecular formula is C18H29N3O2. The lowest BCUT2D eigenvalue weighted by Crippen LogP contribution is -2.49. The molecule has 5 nitrogen and oxygen atoms in total. The summed E-state index contributed by atoms with van der Waals surface area (Å²) in [7, 11) is 2.10. The van der Waals surface area contributed by atoms with Crippen molar-refractivity contribution in [2.24, 2.45) is 0 Å². The first-order valence-electron chi connectivity index (χ1n) is 8.34. The maximum absolute atomic E-state index is 12.6. The molecule has 1 aromatic carbocycles. The Morgan fingerprint density at radius 1 is 1.39 bits per heavy atom. The van der Waals surface area contributed by atoms with Crippen molar-refractivity contribution in [3.05, 3.63) is 35.9 Å². The van der Waals surface area contributed by atoms with Gasteiger partial charge in [-0.2, -0.15) is 0 Å². The minimum Gasteiger partial charge on any atom is -0.389 e. The van der Waals surface area contributed by atoms with Crippen LogP contribution in [-0.2, 0) is 6.54 Å². The second-order valence-electron chi connectivity index (χ2n) is 7.12. The van der Waals surface area contributed by atoms with E-state index in [2.05, 4.69) is 17.3 Å². The molecule has 1 saturated heterocycles. The highest BCUT2D eigenvalue weighted by molar-refractivity contribution is 5.74. The van der Waals surface area contributed by atoms with E-state index in [1.54, 1.807) is 18.7 Å². The summed E-state index contributed by atoms with van der Waals surface area (Å²) in [5, 5.41) is 13.1. The van der Waals surface area contributed by atoms with Crippen LogP contribution in [0.1, 0.15) is 32.3 Å². The molecule has 128 valence electrons. The second kappa shape index (κ2) is 7.79. The highest BCUT2D eigenvalue weighted by Gasteiger charge is 2.25. The molecule has 1 aromatic rings. The molecular weight excluding hydrogens is 290 g/mol. The lowest BCUT2D eigenvalue weighted by molar-refractivity contribution is 0.0445. The van der Waals surface area contributed by atoms with Gasteiger partial charge in [0.15, 0.2) is 0 Å². The Kier molecular flexibility index (Phi) is 6.02. The van der Waals surface area contributed by atoms with E-state index < -0.39 is 5.60 Å². The molecule has 23 heavy (non-hydrogen) atoms. The maximum atomic E-state index is 12.6. The number of amides is 2. The number of hydrogen-bond acceptors (Lipinski definition) is 3. The molecule has 2 rings (SSSR count). The SMILES string of the molecule is CN1CCCC1CNC(=O)N(Cc1ccccc1)CC(C)(C)O. The van der Waals surface area contributed by atoms with E-state index in [-0.39, 0.29) is 6.03 Å². The average molecular weight is 319 g/mol. The quantitative estimate of drug-likeness (QED) is 0.844. The van der Waals surface area contributed by atoms with Crippen molar-refractivity contribution >= 4 is 6.03 Å². The van der Waals surface area contributed by atoms with Gasteiger partial charge in [-0.3, -0.25) is 0 Å². The molecule has 0 radical (unpaired) electrons. The number of carbonyl (C=O) groups is 1. The number of nitrogens with zero attached hydrogens (tertiary/aromatic N) is 2. The molecule has 1 aliphatic rings. The summed E-state index contributed by atoms with van der Waals surface area (Å²) in [4.78, 5) is 16.5. The summed E-state index contributed by atoms with van der Waals surface area (Å²) in [6.45, 7) is 6.00. The summed E-state index contributed by atoms with van der Waals surface area (Å²) < 4.78 is 0. The molecule has 2 N–H and O–H groups in total. The minimum absolute atomic E-state index is 0.115. The third-order valence-electron chi connectivity index (χ3n) is 4.24. The van der Waals surface area contributed by atoms with Crippen LogP contribution in [0.5, 0.6) is 0 Å². The fourth-order valence-corrected chi connectivity index (χ4v) is 3.02.